The fraction of sp³-hybridized carbons (Fsp3) is 0.125. The Balaban J connectivity index is 1.90. The summed E-state index contributed by atoms with van der Waals surface area (Å²) < 4.78 is 13.5. The summed E-state index contributed by atoms with van der Waals surface area (Å²) in [4.78, 5) is 11.7. The van der Waals surface area contributed by atoms with E-state index in [0.717, 1.165) is 0 Å². The number of carbonyl (C=O) groups excluding carboxylic acids is 1. The molecule has 3 N–H and O–H groups in total. The molecule has 2 aromatic rings. The van der Waals surface area contributed by atoms with Crippen molar-refractivity contribution in [3.8, 4) is 6.07 Å². The van der Waals surface area contributed by atoms with Gasteiger partial charge in [-0.25, -0.2) is 9.18 Å². The largest absolute Gasteiger partial charge is 0.386 e. The van der Waals surface area contributed by atoms with Crippen molar-refractivity contribution in [3.05, 3.63) is 65.5 Å². The van der Waals surface area contributed by atoms with Gasteiger partial charge in [-0.15, -0.1) is 0 Å². The molecule has 0 aliphatic carbocycles. The molecule has 6 heteroatoms. The molecule has 0 aliphatic rings. The van der Waals surface area contributed by atoms with Gasteiger partial charge in [0, 0.05) is 17.8 Å². The van der Waals surface area contributed by atoms with E-state index in [2.05, 4.69) is 10.6 Å². The molecule has 0 bridgehead atoms. The van der Waals surface area contributed by atoms with E-state index in [1.807, 2.05) is 6.07 Å². The third-order valence-corrected chi connectivity index (χ3v) is 2.97. The number of nitrogens with zero attached hydrogens (tertiary/aromatic N) is 1. The topological polar surface area (TPSA) is 85.2 Å². The molecule has 0 fully saturated rings. The number of urea groups is 1. The van der Waals surface area contributed by atoms with Gasteiger partial charge in [-0.1, -0.05) is 24.3 Å². The number of aliphatic hydroxyl groups excluding tert-OH is 1. The molecule has 0 radical (unpaired) electrons. The van der Waals surface area contributed by atoms with Crippen LogP contribution in [-0.4, -0.2) is 17.7 Å². The van der Waals surface area contributed by atoms with Crippen LogP contribution in [0.2, 0.25) is 0 Å². The second-order valence-electron chi connectivity index (χ2n) is 4.56. The summed E-state index contributed by atoms with van der Waals surface area (Å²) in [5.74, 6) is -0.529. The predicted molar refractivity (Wildman–Crippen MR) is 79.5 cm³/mol. The van der Waals surface area contributed by atoms with Gasteiger partial charge in [0.05, 0.1) is 17.7 Å². The van der Waals surface area contributed by atoms with Crippen molar-refractivity contribution in [2.45, 2.75) is 6.10 Å². The molecule has 0 aromatic heterocycles. The lowest BCUT2D eigenvalue weighted by atomic mass is 10.1. The molecule has 22 heavy (non-hydrogen) atoms. The molecular formula is C16H14FN3O2. The maximum absolute atomic E-state index is 13.5. The van der Waals surface area contributed by atoms with Gasteiger partial charge in [0.2, 0.25) is 0 Å². The average Bonchev–Trinajstić information content (AvgIpc) is 2.53. The number of benzene rings is 2. The monoisotopic (exact) mass is 299 g/mol. The number of halogens is 1. The van der Waals surface area contributed by atoms with E-state index in [-0.39, 0.29) is 12.1 Å². The van der Waals surface area contributed by atoms with Crippen LogP contribution in [0.1, 0.15) is 17.2 Å². The zero-order valence-corrected chi connectivity index (χ0v) is 11.6. The number of hydrogen-bond acceptors (Lipinski definition) is 3. The van der Waals surface area contributed by atoms with E-state index in [0.29, 0.717) is 11.3 Å². The van der Waals surface area contributed by atoms with Crippen molar-refractivity contribution in [2.75, 3.05) is 11.9 Å². The van der Waals surface area contributed by atoms with Crippen molar-refractivity contribution in [1.82, 2.24) is 5.32 Å². The lowest BCUT2D eigenvalue weighted by molar-refractivity contribution is 0.170. The first-order valence-electron chi connectivity index (χ1n) is 6.57. The van der Waals surface area contributed by atoms with Crippen molar-refractivity contribution in [2.24, 2.45) is 0 Å². The highest BCUT2D eigenvalue weighted by Gasteiger charge is 2.13. The van der Waals surface area contributed by atoms with Crippen LogP contribution in [0, 0.1) is 17.1 Å². The third kappa shape index (κ3) is 4.04. The summed E-state index contributed by atoms with van der Waals surface area (Å²) in [6.07, 6.45) is -1.14. The summed E-state index contributed by atoms with van der Waals surface area (Å²) in [7, 11) is 0. The van der Waals surface area contributed by atoms with Crippen LogP contribution < -0.4 is 10.6 Å². The van der Waals surface area contributed by atoms with Crippen molar-refractivity contribution in [3.63, 3.8) is 0 Å². The van der Waals surface area contributed by atoms with Crippen molar-refractivity contribution >= 4 is 11.7 Å². The standard InChI is InChI=1S/C16H14FN3O2/c17-14-7-2-1-6-13(14)15(21)10-19-16(22)20-12-5-3-4-11(8-12)9-18/h1-8,15,21H,10H2,(H2,19,20,22). The Morgan fingerprint density at radius 3 is 2.77 bits per heavy atom. The zero-order valence-electron chi connectivity index (χ0n) is 11.6. The van der Waals surface area contributed by atoms with E-state index in [9.17, 15) is 14.3 Å². The summed E-state index contributed by atoms with van der Waals surface area (Å²) in [6.45, 7) is -0.134. The average molecular weight is 299 g/mol. The molecule has 1 atom stereocenters. The van der Waals surface area contributed by atoms with Gasteiger partial charge in [0.15, 0.2) is 0 Å². The summed E-state index contributed by atoms with van der Waals surface area (Å²) in [5.41, 5.74) is 0.996. The molecule has 0 saturated heterocycles. The number of amides is 2. The minimum absolute atomic E-state index is 0.120. The number of carbonyl (C=O) groups is 1. The molecule has 2 aromatic carbocycles. The first kappa shape index (κ1) is 15.5. The highest BCUT2D eigenvalue weighted by atomic mass is 19.1. The second kappa shape index (κ2) is 7.20. The van der Waals surface area contributed by atoms with Crippen LogP contribution in [-0.2, 0) is 0 Å². The summed E-state index contributed by atoms with van der Waals surface area (Å²) >= 11 is 0. The normalized spacial score (nSPS) is 11.3. The Bertz CT molecular complexity index is 713. The van der Waals surface area contributed by atoms with Gasteiger partial charge in [-0.2, -0.15) is 5.26 Å². The highest BCUT2D eigenvalue weighted by Crippen LogP contribution is 2.15. The van der Waals surface area contributed by atoms with Gasteiger partial charge in [0.25, 0.3) is 0 Å². The molecule has 0 heterocycles. The van der Waals surface area contributed by atoms with Gasteiger partial charge in [0.1, 0.15) is 5.82 Å². The molecule has 0 spiro atoms. The molecular weight excluding hydrogens is 285 g/mol. The maximum atomic E-state index is 13.5. The van der Waals surface area contributed by atoms with E-state index < -0.39 is 18.0 Å². The lowest BCUT2D eigenvalue weighted by Gasteiger charge is -2.13. The fourth-order valence-corrected chi connectivity index (χ4v) is 1.89. The Labute approximate surface area is 127 Å². The van der Waals surface area contributed by atoms with Gasteiger partial charge in [-0.05, 0) is 24.3 Å². The van der Waals surface area contributed by atoms with E-state index in [1.54, 1.807) is 24.3 Å². The first-order valence-corrected chi connectivity index (χ1v) is 6.57. The summed E-state index contributed by atoms with van der Waals surface area (Å²) in [6, 6.07) is 13.6. The maximum Gasteiger partial charge on any atom is 0.319 e. The van der Waals surface area contributed by atoms with E-state index >= 15 is 0 Å². The van der Waals surface area contributed by atoms with E-state index in [1.165, 1.54) is 24.3 Å². The molecule has 0 aliphatic heterocycles. The quantitative estimate of drug-likeness (QED) is 0.811. The molecule has 2 amide bonds. The zero-order chi connectivity index (χ0) is 15.9. The van der Waals surface area contributed by atoms with Gasteiger partial charge < -0.3 is 15.7 Å². The summed E-state index contributed by atoms with van der Waals surface area (Å²) in [5, 5.41) is 23.6. The van der Waals surface area contributed by atoms with Crippen LogP contribution in [0.5, 0.6) is 0 Å². The number of hydrogen-bond donors (Lipinski definition) is 3. The molecule has 5 nitrogen and oxygen atoms in total. The van der Waals surface area contributed by atoms with Crippen molar-refractivity contribution in [1.29, 1.82) is 5.26 Å². The molecule has 2 rings (SSSR count). The number of nitriles is 1. The van der Waals surface area contributed by atoms with Gasteiger partial charge >= 0.3 is 6.03 Å². The van der Waals surface area contributed by atoms with Crippen LogP contribution in [0.3, 0.4) is 0 Å². The lowest BCUT2D eigenvalue weighted by Crippen LogP contribution is -2.32. The predicted octanol–water partition coefficient (Wildman–Crippen LogP) is 2.55. The smallest absolute Gasteiger partial charge is 0.319 e. The number of anilines is 1. The number of rotatable bonds is 4. The number of aliphatic hydroxyl groups is 1. The molecule has 112 valence electrons. The minimum Gasteiger partial charge on any atom is -0.386 e. The van der Waals surface area contributed by atoms with Crippen LogP contribution in [0.4, 0.5) is 14.9 Å². The Hall–Kier alpha value is -2.91. The highest BCUT2D eigenvalue weighted by molar-refractivity contribution is 5.89. The molecule has 1 unspecified atom stereocenters. The van der Waals surface area contributed by atoms with Crippen LogP contribution >= 0.6 is 0 Å². The first-order chi connectivity index (χ1) is 10.6. The van der Waals surface area contributed by atoms with E-state index in [4.69, 9.17) is 5.26 Å². The van der Waals surface area contributed by atoms with Crippen LogP contribution in [0.25, 0.3) is 0 Å². The van der Waals surface area contributed by atoms with Crippen LogP contribution in [0.15, 0.2) is 48.5 Å². The fourth-order valence-electron chi connectivity index (χ4n) is 1.89. The SMILES string of the molecule is N#Cc1cccc(NC(=O)NCC(O)c2ccccc2F)c1. The Morgan fingerprint density at radius 2 is 2.05 bits per heavy atom. The Kier molecular flexibility index (Phi) is 5.07. The second-order valence-corrected chi connectivity index (χ2v) is 4.56. The minimum atomic E-state index is -1.14. The third-order valence-electron chi connectivity index (χ3n) is 2.97. The van der Waals surface area contributed by atoms with Crippen molar-refractivity contribution < 1.29 is 14.3 Å². The Morgan fingerprint density at radius 1 is 1.27 bits per heavy atom. The molecule has 0 saturated carbocycles. The number of nitrogens with one attached hydrogen (secondary N) is 2. The van der Waals surface area contributed by atoms with Gasteiger partial charge in [-0.3, -0.25) is 0 Å².